The number of hydrogen-bond donors (Lipinski definition) is 5. The predicted octanol–water partition coefficient (Wildman–Crippen LogP) is 4.49. The molecule has 0 bridgehead atoms. The molecule has 5 rings (SSSR count). The maximum Gasteiger partial charge on any atom is 0.256 e. The van der Waals surface area contributed by atoms with Crippen molar-refractivity contribution in [3.8, 4) is 0 Å². The van der Waals surface area contributed by atoms with E-state index in [1.54, 1.807) is 24.3 Å². The fourth-order valence-electron chi connectivity index (χ4n) is 5.45. The number of fused-ring (bicyclic) bond motifs is 1. The number of aryl methyl sites for hydroxylation is 1. The van der Waals surface area contributed by atoms with E-state index in [4.69, 9.17) is 0 Å². The first-order chi connectivity index (χ1) is 18.9. The van der Waals surface area contributed by atoms with E-state index in [-0.39, 0.29) is 29.8 Å². The first kappa shape index (κ1) is 26.4. The number of amides is 3. The zero-order chi connectivity index (χ0) is 27.5. The van der Waals surface area contributed by atoms with Gasteiger partial charge >= 0.3 is 0 Å². The summed E-state index contributed by atoms with van der Waals surface area (Å²) in [7, 11) is 0. The van der Waals surface area contributed by atoms with Crippen LogP contribution in [0.5, 0.6) is 0 Å². The van der Waals surface area contributed by atoms with Crippen LogP contribution >= 0.6 is 0 Å². The number of anilines is 1. The van der Waals surface area contributed by atoms with Crippen LogP contribution in [-0.2, 0) is 4.79 Å². The zero-order valence-corrected chi connectivity index (χ0v) is 22.6. The molecule has 0 radical (unpaired) electrons. The molecule has 2 aliphatic rings. The third kappa shape index (κ3) is 5.52. The van der Waals surface area contributed by atoms with E-state index < -0.39 is 0 Å². The summed E-state index contributed by atoms with van der Waals surface area (Å²) < 4.78 is 0. The highest BCUT2D eigenvalue weighted by Crippen LogP contribution is 2.35. The molecular formula is C31H35N5O3. The molecule has 8 nitrogen and oxygen atoms in total. The Labute approximate surface area is 228 Å². The van der Waals surface area contributed by atoms with Gasteiger partial charge in [0.25, 0.3) is 17.7 Å². The Bertz CT molecular complexity index is 1430. The lowest BCUT2D eigenvalue weighted by Crippen LogP contribution is -2.42. The number of carbonyl (C=O) groups is 3. The first-order valence-corrected chi connectivity index (χ1v) is 13.6. The number of nitrogens with one attached hydrogen (secondary N) is 5. The highest BCUT2D eigenvalue weighted by Gasteiger charge is 2.28. The maximum atomic E-state index is 13.2. The van der Waals surface area contributed by atoms with Gasteiger partial charge in [-0.25, -0.2) is 0 Å². The highest BCUT2D eigenvalue weighted by molar-refractivity contribution is 6.35. The second-order valence-corrected chi connectivity index (χ2v) is 10.3. The van der Waals surface area contributed by atoms with Crippen molar-refractivity contribution in [3.05, 3.63) is 87.7 Å². The summed E-state index contributed by atoms with van der Waals surface area (Å²) in [6.45, 7) is 7.58. The summed E-state index contributed by atoms with van der Waals surface area (Å²) in [5, 5.41) is 12.5. The Hall–Kier alpha value is -4.17. The minimum absolute atomic E-state index is 0.100. The Kier molecular flexibility index (Phi) is 7.65. The monoisotopic (exact) mass is 525 g/mol. The number of hydrogen-bond acceptors (Lipinski definition) is 4. The van der Waals surface area contributed by atoms with Crippen LogP contribution in [0.1, 0.15) is 81.0 Å². The third-order valence-electron chi connectivity index (χ3n) is 7.65. The van der Waals surface area contributed by atoms with Crippen LogP contribution in [0.2, 0.25) is 0 Å². The molecule has 2 aromatic carbocycles. The number of piperidine rings is 1. The Morgan fingerprint density at radius 3 is 2.51 bits per heavy atom. The normalized spacial score (nSPS) is 17.0. The minimum Gasteiger partial charge on any atom is -0.358 e. The molecule has 0 unspecified atom stereocenters. The molecule has 202 valence electrons. The van der Waals surface area contributed by atoms with Gasteiger partial charge < -0.3 is 26.3 Å². The second kappa shape index (κ2) is 11.3. The van der Waals surface area contributed by atoms with Gasteiger partial charge in [0.1, 0.15) is 0 Å². The van der Waals surface area contributed by atoms with Gasteiger partial charge in [0, 0.05) is 34.2 Å². The molecule has 1 fully saturated rings. The lowest BCUT2D eigenvalue weighted by molar-refractivity contribution is -0.110. The van der Waals surface area contributed by atoms with Crippen molar-refractivity contribution in [2.45, 2.75) is 52.1 Å². The van der Waals surface area contributed by atoms with Gasteiger partial charge in [-0.05, 0) is 81.6 Å². The van der Waals surface area contributed by atoms with Crippen molar-refractivity contribution in [1.29, 1.82) is 0 Å². The van der Waals surface area contributed by atoms with Crippen molar-refractivity contribution in [2.75, 3.05) is 18.4 Å². The van der Waals surface area contributed by atoms with Crippen LogP contribution in [0.25, 0.3) is 11.6 Å². The van der Waals surface area contributed by atoms with Crippen LogP contribution in [0.3, 0.4) is 0 Å². The first-order valence-electron chi connectivity index (χ1n) is 13.6. The summed E-state index contributed by atoms with van der Waals surface area (Å²) in [6.07, 6.45) is 4.33. The van der Waals surface area contributed by atoms with Gasteiger partial charge in [-0.3, -0.25) is 14.4 Å². The Morgan fingerprint density at radius 1 is 1.05 bits per heavy atom. The lowest BCUT2D eigenvalue weighted by Gasteiger charge is -2.23. The molecule has 3 amide bonds. The second-order valence-electron chi connectivity index (χ2n) is 10.3. The summed E-state index contributed by atoms with van der Waals surface area (Å²) in [4.78, 5) is 42.5. The fourth-order valence-corrected chi connectivity index (χ4v) is 5.45. The van der Waals surface area contributed by atoms with Gasteiger partial charge in [0.05, 0.1) is 17.2 Å². The number of aromatic amines is 1. The van der Waals surface area contributed by atoms with Crippen molar-refractivity contribution < 1.29 is 14.4 Å². The largest absolute Gasteiger partial charge is 0.358 e. The average Bonchev–Trinajstić information content (AvgIpc) is 3.41. The smallest absolute Gasteiger partial charge is 0.256 e. The molecule has 8 heteroatoms. The van der Waals surface area contributed by atoms with E-state index in [1.807, 2.05) is 51.1 Å². The lowest BCUT2D eigenvalue weighted by atomic mass is 10.00. The van der Waals surface area contributed by atoms with Crippen LogP contribution < -0.4 is 21.3 Å². The molecule has 3 heterocycles. The van der Waals surface area contributed by atoms with Crippen molar-refractivity contribution in [2.24, 2.45) is 0 Å². The molecule has 1 atom stereocenters. The number of H-pyrrole nitrogens is 1. The van der Waals surface area contributed by atoms with Gasteiger partial charge in [0.2, 0.25) is 0 Å². The van der Waals surface area contributed by atoms with E-state index in [9.17, 15) is 14.4 Å². The molecule has 0 saturated carbocycles. The Balaban J connectivity index is 1.39. The topological polar surface area (TPSA) is 115 Å². The van der Waals surface area contributed by atoms with Gasteiger partial charge in [-0.1, -0.05) is 37.3 Å². The van der Waals surface area contributed by atoms with Crippen LogP contribution in [-0.4, -0.2) is 41.8 Å². The molecular weight excluding hydrogens is 490 g/mol. The summed E-state index contributed by atoms with van der Waals surface area (Å²) >= 11 is 0. The molecule has 5 N–H and O–H groups in total. The molecule has 0 spiro atoms. The SMILES string of the molecule is CC[C@@H](NC(=O)c1ccc2c(c1)C(=Cc1[nH]c(C)c(C(=O)NC3CCNCC3)c1C)C(=O)N2)c1ccccc1. The van der Waals surface area contributed by atoms with E-state index in [0.29, 0.717) is 33.6 Å². The van der Waals surface area contributed by atoms with Crippen molar-refractivity contribution in [3.63, 3.8) is 0 Å². The van der Waals surface area contributed by atoms with Crippen molar-refractivity contribution >= 4 is 35.1 Å². The van der Waals surface area contributed by atoms with Gasteiger partial charge in [-0.15, -0.1) is 0 Å². The van der Waals surface area contributed by atoms with E-state index in [1.165, 1.54) is 0 Å². The number of aromatic nitrogens is 1. The summed E-state index contributed by atoms with van der Waals surface area (Å²) in [5.74, 6) is -0.543. The van der Waals surface area contributed by atoms with E-state index in [2.05, 4.69) is 26.3 Å². The van der Waals surface area contributed by atoms with Crippen LogP contribution in [0, 0.1) is 13.8 Å². The number of rotatable bonds is 7. The summed E-state index contributed by atoms with van der Waals surface area (Å²) in [5.41, 5.74) is 6.14. The zero-order valence-electron chi connectivity index (χ0n) is 22.6. The quantitative estimate of drug-likeness (QED) is 0.293. The van der Waals surface area contributed by atoms with E-state index >= 15 is 0 Å². The van der Waals surface area contributed by atoms with Gasteiger partial charge in [0.15, 0.2) is 0 Å². The van der Waals surface area contributed by atoms with Crippen LogP contribution in [0.4, 0.5) is 5.69 Å². The molecule has 39 heavy (non-hydrogen) atoms. The maximum absolute atomic E-state index is 13.2. The van der Waals surface area contributed by atoms with E-state index in [0.717, 1.165) is 49.2 Å². The van der Waals surface area contributed by atoms with Crippen molar-refractivity contribution in [1.82, 2.24) is 20.9 Å². The predicted molar refractivity (Wildman–Crippen MR) is 154 cm³/mol. The molecule has 2 aliphatic heterocycles. The third-order valence-corrected chi connectivity index (χ3v) is 7.65. The Morgan fingerprint density at radius 2 is 1.79 bits per heavy atom. The number of carbonyl (C=O) groups excluding carboxylic acids is 3. The standard InChI is InChI=1S/C31H35N5O3/c1-4-25(20-8-6-5-7-9-20)35-29(37)21-10-11-26-23(16-21)24(30(38)36-26)17-27-18(2)28(19(3)33-27)31(39)34-22-12-14-32-15-13-22/h5-11,16-17,22,25,32-33H,4,12-15H2,1-3H3,(H,34,39)(H,35,37)(H,36,38)/t25-/m1/s1. The molecule has 1 saturated heterocycles. The van der Waals surface area contributed by atoms with Gasteiger partial charge in [-0.2, -0.15) is 0 Å². The molecule has 3 aromatic rings. The minimum atomic E-state index is -0.245. The highest BCUT2D eigenvalue weighted by atomic mass is 16.2. The molecule has 0 aliphatic carbocycles. The average molecular weight is 526 g/mol. The fraction of sp³-hybridized carbons (Fsp3) is 0.323. The van der Waals surface area contributed by atoms with Crippen LogP contribution in [0.15, 0.2) is 48.5 Å². The number of benzene rings is 2. The summed E-state index contributed by atoms with van der Waals surface area (Å²) in [6, 6.07) is 15.2. The molecule has 1 aromatic heterocycles.